The fourth-order valence-corrected chi connectivity index (χ4v) is 2.34. The summed E-state index contributed by atoms with van der Waals surface area (Å²) in [6, 6.07) is 1.93. The highest BCUT2D eigenvalue weighted by atomic mass is 79.9. The number of alkyl halides is 1. The van der Waals surface area contributed by atoms with E-state index in [0.29, 0.717) is 19.8 Å². The molecule has 16 heavy (non-hydrogen) atoms. The number of ether oxygens (including phenoxy) is 1. The average molecular weight is 306 g/mol. The number of thiophene rings is 1. The van der Waals surface area contributed by atoms with Gasteiger partial charge in [-0.2, -0.15) is 0 Å². The van der Waals surface area contributed by atoms with Crippen LogP contribution >= 0.6 is 27.3 Å². The molecule has 0 aliphatic rings. The molecular weight excluding hydrogens is 290 g/mol. The van der Waals surface area contributed by atoms with Crippen LogP contribution in [0.15, 0.2) is 6.07 Å². The molecule has 0 radical (unpaired) electrons. The fraction of sp³-hybridized carbons (Fsp3) is 0.545. The summed E-state index contributed by atoms with van der Waals surface area (Å²) < 4.78 is 5.24. The first kappa shape index (κ1) is 13.7. The molecule has 1 N–H and O–H groups in total. The van der Waals surface area contributed by atoms with Crippen LogP contribution < -0.4 is 5.32 Å². The number of hydrogen-bond donors (Lipinski definition) is 1. The van der Waals surface area contributed by atoms with E-state index in [1.165, 1.54) is 21.8 Å². The van der Waals surface area contributed by atoms with Crippen LogP contribution in [-0.4, -0.2) is 31.0 Å². The molecule has 1 amide bonds. The Morgan fingerprint density at radius 2 is 2.25 bits per heavy atom. The molecule has 0 saturated heterocycles. The molecule has 1 aromatic heterocycles. The zero-order valence-corrected chi connectivity index (χ0v) is 11.9. The molecule has 0 fully saturated rings. The molecule has 1 heterocycles. The van der Waals surface area contributed by atoms with E-state index in [2.05, 4.69) is 21.2 Å². The number of carbonyl (C=O) groups excluding carboxylic acids is 1. The standard InChI is InChI=1S/C11H16BrNO2S/c1-8-7-10(16-9(8)2)11(14)13-4-6-15-5-3-12/h7H,3-6H2,1-2H3,(H,13,14). The van der Waals surface area contributed by atoms with Gasteiger partial charge in [0.05, 0.1) is 18.1 Å². The van der Waals surface area contributed by atoms with Crippen molar-refractivity contribution in [3.8, 4) is 0 Å². The van der Waals surface area contributed by atoms with Crippen molar-refractivity contribution in [3.05, 3.63) is 21.4 Å². The Balaban J connectivity index is 2.30. The van der Waals surface area contributed by atoms with Crippen molar-refractivity contribution < 1.29 is 9.53 Å². The molecule has 0 atom stereocenters. The Bertz CT molecular complexity index is 332. The van der Waals surface area contributed by atoms with Gasteiger partial charge in [0.25, 0.3) is 5.91 Å². The minimum Gasteiger partial charge on any atom is -0.379 e. The number of aryl methyl sites for hydroxylation is 2. The van der Waals surface area contributed by atoms with Crippen LogP contribution in [0.4, 0.5) is 0 Å². The van der Waals surface area contributed by atoms with Gasteiger partial charge in [-0.1, -0.05) is 15.9 Å². The Morgan fingerprint density at radius 1 is 1.50 bits per heavy atom. The molecule has 0 saturated carbocycles. The maximum atomic E-state index is 11.7. The number of hydrogen-bond acceptors (Lipinski definition) is 3. The summed E-state index contributed by atoms with van der Waals surface area (Å²) >= 11 is 4.80. The molecular formula is C11H16BrNO2S. The van der Waals surface area contributed by atoms with Gasteiger partial charge < -0.3 is 10.1 Å². The van der Waals surface area contributed by atoms with Gasteiger partial charge in [0, 0.05) is 16.8 Å². The van der Waals surface area contributed by atoms with Gasteiger partial charge in [-0.05, 0) is 25.5 Å². The minimum absolute atomic E-state index is 0.0105. The number of nitrogens with one attached hydrogen (secondary N) is 1. The SMILES string of the molecule is Cc1cc(C(=O)NCCOCCBr)sc1C. The third-order valence-corrected chi connectivity index (χ3v) is 3.62. The monoisotopic (exact) mass is 305 g/mol. The van der Waals surface area contributed by atoms with Crippen LogP contribution in [0.5, 0.6) is 0 Å². The molecule has 90 valence electrons. The lowest BCUT2D eigenvalue weighted by Gasteiger charge is -2.03. The molecule has 0 spiro atoms. The van der Waals surface area contributed by atoms with Crippen molar-refractivity contribution >= 4 is 33.2 Å². The number of amides is 1. The highest BCUT2D eigenvalue weighted by Gasteiger charge is 2.09. The second-order valence-corrected chi connectivity index (χ2v) is 5.46. The smallest absolute Gasteiger partial charge is 0.261 e. The van der Waals surface area contributed by atoms with Gasteiger partial charge in [-0.15, -0.1) is 11.3 Å². The predicted molar refractivity (Wildman–Crippen MR) is 70.7 cm³/mol. The van der Waals surface area contributed by atoms with Crippen LogP contribution in [0.25, 0.3) is 0 Å². The van der Waals surface area contributed by atoms with Crippen LogP contribution in [0, 0.1) is 13.8 Å². The van der Waals surface area contributed by atoms with Crippen molar-refractivity contribution in [2.75, 3.05) is 25.1 Å². The van der Waals surface area contributed by atoms with Gasteiger partial charge in [0.1, 0.15) is 0 Å². The van der Waals surface area contributed by atoms with E-state index in [-0.39, 0.29) is 5.91 Å². The molecule has 3 nitrogen and oxygen atoms in total. The summed E-state index contributed by atoms with van der Waals surface area (Å²) in [7, 11) is 0. The van der Waals surface area contributed by atoms with Gasteiger partial charge in [0.15, 0.2) is 0 Å². The summed E-state index contributed by atoms with van der Waals surface area (Å²) in [6.07, 6.45) is 0. The summed E-state index contributed by atoms with van der Waals surface area (Å²) in [5.41, 5.74) is 1.17. The Hall–Kier alpha value is -0.390. The minimum atomic E-state index is -0.0105. The van der Waals surface area contributed by atoms with Crippen molar-refractivity contribution in [1.82, 2.24) is 5.32 Å². The van der Waals surface area contributed by atoms with E-state index < -0.39 is 0 Å². The van der Waals surface area contributed by atoms with E-state index in [9.17, 15) is 4.79 Å². The van der Waals surface area contributed by atoms with E-state index in [0.717, 1.165) is 10.2 Å². The molecule has 1 rings (SSSR count). The van der Waals surface area contributed by atoms with E-state index in [4.69, 9.17) is 4.74 Å². The lowest BCUT2D eigenvalue weighted by Crippen LogP contribution is -2.26. The van der Waals surface area contributed by atoms with Crippen LogP contribution in [0.2, 0.25) is 0 Å². The first-order valence-corrected chi connectivity index (χ1v) is 7.08. The third kappa shape index (κ3) is 4.23. The van der Waals surface area contributed by atoms with Crippen molar-refractivity contribution in [1.29, 1.82) is 0 Å². The molecule has 0 aromatic carbocycles. The maximum Gasteiger partial charge on any atom is 0.261 e. The van der Waals surface area contributed by atoms with Gasteiger partial charge >= 0.3 is 0 Å². The quantitative estimate of drug-likeness (QED) is 0.648. The number of halogens is 1. The molecule has 0 bridgehead atoms. The fourth-order valence-electron chi connectivity index (χ4n) is 1.17. The maximum absolute atomic E-state index is 11.7. The topological polar surface area (TPSA) is 38.3 Å². The van der Waals surface area contributed by atoms with Gasteiger partial charge in [0.2, 0.25) is 0 Å². The normalized spacial score (nSPS) is 10.4. The third-order valence-electron chi connectivity index (χ3n) is 2.14. The van der Waals surface area contributed by atoms with Crippen LogP contribution in [0.1, 0.15) is 20.1 Å². The highest BCUT2D eigenvalue weighted by Crippen LogP contribution is 2.20. The molecule has 0 unspecified atom stereocenters. The second-order valence-electron chi connectivity index (χ2n) is 3.41. The Labute approximate surface area is 108 Å². The second kappa shape index (κ2) is 7.04. The van der Waals surface area contributed by atoms with E-state index in [1.54, 1.807) is 0 Å². The van der Waals surface area contributed by atoms with E-state index >= 15 is 0 Å². The van der Waals surface area contributed by atoms with Crippen molar-refractivity contribution in [2.24, 2.45) is 0 Å². The lowest BCUT2D eigenvalue weighted by molar-refractivity contribution is 0.0928. The summed E-state index contributed by atoms with van der Waals surface area (Å²) in [5.74, 6) is -0.0105. The number of carbonyl (C=O) groups is 1. The highest BCUT2D eigenvalue weighted by molar-refractivity contribution is 9.09. The van der Waals surface area contributed by atoms with Crippen LogP contribution in [-0.2, 0) is 4.74 Å². The van der Waals surface area contributed by atoms with Crippen molar-refractivity contribution in [2.45, 2.75) is 13.8 Å². The van der Waals surface area contributed by atoms with Gasteiger partial charge in [-0.3, -0.25) is 4.79 Å². The Morgan fingerprint density at radius 3 is 2.81 bits per heavy atom. The zero-order chi connectivity index (χ0) is 12.0. The molecule has 1 aromatic rings. The van der Waals surface area contributed by atoms with Gasteiger partial charge in [-0.25, -0.2) is 0 Å². The predicted octanol–water partition coefficient (Wildman–Crippen LogP) is 2.51. The molecule has 0 aliphatic heterocycles. The largest absolute Gasteiger partial charge is 0.379 e. The summed E-state index contributed by atoms with van der Waals surface area (Å²) in [6.45, 7) is 5.83. The number of rotatable bonds is 6. The average Bonchev–Trinajstić information content (AvgIpc) is 2.59. The first-order valence-electron chi connectivity index (χ1n) is 5.14. The molecule has 5 heteroatoms. The zero-order valence-electron chi connectivity index (χ0n) is 9.51. The molecule has 0 aliphatic carbocycles. The lowest BCUT2D eigenvalue weighted by atomic mass is 10.3. The summed E-state index contributed by atoms with van der Waals surface area (Å²) in [5, 5.41) is 3.65. The van der Waals surface area contributed by atoms with E-state index in [1.807, 2.05) is 19.9 Å². The Kier molecular flexibility index (Phi) is 6.01. The van der Waals surface area contributed by atoms with Crippen LogP contribution in [0.3, 0.4) is 0 Å². The summed E-state index contributed by atoms with van der Waals surface area (Å²) in [4.78, 5) is 13.6. The van der Waals surface area contributed by atoms with Crippen molar-refractivity contribution in [3.63, 3.8) is 0 Å². The first-order chi connectivity index (χ1) is 7.65.